The van der Waals surface area contributed by atoms with Gasteiger partial charge in [0, 0.05) is 31.3 Å². The van der Waals surface area contributed by atoms with Crippen LogP contribution < -0.4 is 24.8 Å². The fourth-order valence-corrected chi connectivity index (χ4v) is 4.68. The lowest BCUT2D eigenvalue weighted by atomic mass is 10.2. The summed E-state index contributed by atoms with van der Waals surface area (Å²) in [6, 6.07) is 10.4. The number of sulfonamides is 1. The van der Waals surface area contributed by atoms with Crippen molar-refractivity contribution < 1.29 is 37.3 Å². The molecule has 0 aliphatic carbocycles. The molecule has 1 saturated heterocycles. The van der Waals surface area contributed by atoms with Crippen LogP contribution in [0.1, 0.15) is 10.4 Å². The van der Waals surface area contributed by atoms with Crippen molar-refractivity contribution in [3.8, 4) is 17.2 Å². The molecule has 33 heavy (non-hydrogen) atoms. The summed E-state index contributed by atoms with van der Waals surface area (Å²) in [5, 5.41) is 15.3. The van der Waals surface area contributed by atoms with Crippen LogP contribution in [0.5, 0.6) is 17.2 Å². The Bertz CT molecular complexity index is 1140. The summed E-state index contributed by atoms with van der Waals surface area (Å²) >= 11 is 0. The fraction of sp³-hybridized carbons (Fsp3) is 0.333. The van der Waals surface area contributed by atoms with E-state index < -0.39 is 22.0 Å². The van der Waals surface area contributed by atoms with E-state index in [0.717, 1.165) is 4.31 Å². The van der Waals surface area contributed by atoms with Crippen LogP contribution in [-0.2, 0) is 14.8 Å². The van der Waals surface area contributed by atoms with E-state index in [1.165, 1.54) is 24.3 Å². The average molecular weight is 477 g/mol. The molecule has 12 heteroatoms. The van der Waals surface area contributed by atoms with Crippen molar-refractivity contribution in [1.29, 1.82) is 0 Å². The Labute approximate surface area is 190 Å². The Hall–Kier alpha value is -3.35. The third-order valence-electron chi connectivity index (χ3n) is 5.04. The molecule has 2 aliphatic heterocycles. The first kappa shape index (κ1) is 22.8. The molecule has 1 unspecified atom stereocenters. The lowest BCUT2D eigenvalue weighted by Crippen LogP contribution is -2.49. The van der Waals surface area contributed by atoms with Gasteiger partial charge in [0.25, 0.3) is 5.91 Å². The summed E-state index contributed by atoms with van der Waals surface area (Å²) < 4.78 is 42.4. The molecular weight excluding hydrogens is 454 g/mol. The number of aliphatic hydroxyl groups is 1. The van der Waals surface area contributed by atoms with Gasteiger partial charge < -0.3 is 30.0 Å². The first-order chi connectivity index (χ1) is 15.8. The Balaban J connectivity index is 1.27. The van der Waals surface area contributed by atoms with Crippen LogP contribution in [0.2, 0.25) is 0 Å². The van der Waals surface area contributed by atoms with E-state index in [-0.39, 0.29) is 55.9 Å². The Morgan fingerprint density at radius 2 is 1.94 bits per heavy atom. The molecule has 0 radical (unpaired) electrons. The number of aliphatic hydroxyl groups excluding tert-OH is 1. The van der Waals surface area contributed by atoms with E-state index in [4.69, 9.17) is 14.2 Å². The molecule has 2 heterocycles. The molecule has 2 aromatic carbocycles. The Morgan fingerprint density at radius 3 is 2.70 bits per heavy atom. The highest BCUT2D eigenvalue weighted by Crippen LogP contribution is 2.35. The highest BCUT2D eigenvalue weighted by atomic mass is 32.2. The second-order valence-corrected chi connectivity index (χ2v) is 9.34. The van der Waals surface area contributed by atoms with Gasteiger partial charge in [-0.25, -0.2) is 8.42 Å². The van der Waals surface area contributed by atoms with E-state index in [0.29, 0.717) is 17.2 Å². The van der Waals surface area contributed by atoms with E-state index in [9.17, 15) is 23.1 Å². The first-order valence-corrected chi connectivity index (χ1v) is 11.6. The van der Waals surface area contributed by atoms with Crippen LogP contribution in [0.4, 0.5) is 0 Å². The van der Waals surface area contributed by atoms with Crippen LogP contribution in [0, 0.1) is 0 Å². The highest BCUT2D eigenvalue weighted by Gasteiger charge is 2.29. The lowest BCUT2D eigenvalue weighted by Gasteiger charge is -2.25. The maximum Gasteiger partial charge on any atom is 0.251 e. The number of rotatable bonds is 8. The van der Waals surface area contributed by atoms with Gasteiger partial charge in [0.1, 0.15) is 18.5 Å². The predicted octanol–water partition coefficient (Wildman–Crippen LogP) is -0.294. The number of carbonyl (C=O) groups excluding carboxylic acids is 2. The zero-order valence-corrected chi connectivity index (χ0v) is 18.3. The zero-order valence-electron chi connectivity index (χ0n) is 17.5. The number of amides is 2. The van der Waals surface area contributed by atoms with Gasteiger partial charge in [0.05, 0.1) is 11.4 Å². The number of piperazine rings is 1. The summed E-state index contributed by atoms with van der Waals surface area (Å²) in [5.41, 5.74) is 0.231. The number of nitrogens with zero attached hydrogens (tertiary/aromatic N) is 1. The molecule has 2 amide bonds. The van der Waals surface area contributed by atoms with Crippen molar-refractivity contribution in [1.82, 2.24) is 14.9 Å². The Morgan fingerprint density at radius 1 is 1.18 bits per heavy atom. The van der Waals surface area contributed by atoms with E-state index in [1.54, 1.807) is 18.2 Å². The monoisotopic (exact) mass is 477 g/mol. The van der Waals surface area contributed by atoms with Crippen molar-refractivity contribution >= 4 is 21.8 Å². The number of carbonyl (C=O) groups is 2. The van der Waals surface area contributed by atoms with Gasteiger partial charge in [-0.3, -0.25) is 9.59 Å². The van der Waals surface area contributed by atoms with Gasteiger partial charge >= 0.3 is 0 Å². The fourth-order valence-electron chi connectivity index (χ4n) is 3.28. The molecule has 0 aromatic heterocycles. The maximum absolute atomic E-state index is 12.7. The van der Waals surface area contributed by atoms with Gasteiger partial charge in [-0.1, -0.05) is 0 Å². The molecule has 3 N–H and O–H groups in total. The number of fused-ring (bicyclic) bond motifs is 1. The topological polar surface area (TPSA) is 144 Å². The van der Waals surface area contributed by atoms with Crippen LogP contribution >= 0.6 is 0 Å². The highest BCUT2D eigenvalue weighted by molar-refractivity contribution is 7.89. The van der Waals surface area contributed by atoms with Crippen molar-refractivity contribution in [2.75, 3.05) is 39.6 Å². The van der Waals surface area contributed by atoms with Gasteiger partial charge in [0.2, 0.25) is 22.7 Å². The first-order valence-electron chi connectivity index (χ1n) is 10.2. The summed E-state index contributed by atoms with van der Waals surface area (Å²) in [4.78, 5) is 23.8. The molecule has 176 valence electrons. The lowest BCUT2D eigenvalue weighted by molar-refractivity contribution is -0.122. The van der Waals surface area contributed by atoms with Gasteiger partial charge in [0.15, 0.2) is 11.5 Å². The van der Waals surface area contributed by atoms with Gasteiger partial charge in [-0.15, -0.1) is 0 Å². The third-order valence-corrected chi connectivity index (χ3v) is 6.90. The third kappa shape index (κ3) is 5.35. The van der Waals surface area contributed by atoms with Crippen molar-refractivity contribution in [3.05, 3.63) is 48.0 Å². The second-order valence-electron chi connectivity index (χ2n) is 7.40. The molecule has 0 bridgehead atoms. The molecular formula is C21H23N3O8S. The number of hydrogen-bond donors (Lipinski definition) is 3. The quantitative estimate of drug-likeness (QED) is 0.471. The minimum absolute atomic E-state index is 0.00842. The van der Waals surface area contributed by atoms with Crippen molar-refractivity contribution in [2.24, 2.45) is 0 Å². The minimum atomic E-state index is -3.83. The number of hydrogen-bond acceptors (Lipinski definition) is 8. The molecule has 0 saturated carbocycles. The normalized spacial score (nSPS) is 16.7. The number of nitrogens with one attached hydrogen (secondary N) is 2. The molecule has 1 atom stereocenters. The molecule has 11 nitrogen and oxygen atoms in total. The average Bonchev–Trinajstić information content (AvgIpc) is 3.29. The van der Waals surface area contributed by atoms with E-state index >= 15 is 0 Å². The molecule has 1 fully saturated rings. The van der Waals surface area contributed by atoms with Crippen LogP contribution in [0.15, 0.2) is 47.4 Å². The van der Waals surface area contributed by atoms with Crippen molar-refractivity contribution in [2.45, 2.75) is 11.0 Å². The van der Waals surface area contributed by atoms with Crippen LogP contribution in [0.25, 0.3) is 0 Å². The summed E-state index contributed by atoms with van der Waals surface area (Å²) in [6.07, 6.45) is -0.968. The second kappa shape index (κ2) is 9.65. The van der Waals surface area contributed by atoms with Crippen LogP contribution in [0.3, 0.4) is 0 Å². The largest absolute Gasteiger partial charge is 0.491 e. The van der Waals surface area contributed by atoms with Crippen molar-refractivity contribution in [3.63, 3.8) is 0 Å². The SMILES string of the molecule is O=C1CN(S(=O)(=O)c2ccc(C(=O)NCC(O)COc3ccc4c(c3)OCO4)cc2)CCN1. The minimum Gasteiger partial charge on any atom is -0.491 e. The standard InChI is InChI=1S/C21H23N3O8S/c25-15(12-30-16-3-6-18-19(9-16)32-13-31-18)10-23-21(27)14-1-4-17(5-2-14)33(28,29)24-8-7-22-20(26)11-24/h1-6,9,15,25H,7-8,10-13H2,(H,22,26)(H,23,27). The number of ether oxygens (including phenoxy) is 3. The molecule has 2 aliphatic rings. The van der Waals surface area contributed by atoms with Crippen LogP contribution in [-0.4, -0.2) is 75.3 Å². The Kier molecular flexibility index (Phi) is 6.67. The smallest absolute Gasteiger partial charge is 0.251 e. The van der Waals surface area contributed by atoms with E-state index in [2.05, 4.69) is 10.6 Å². The maximum atomic E-state index is 12.7. The zero-order chi connectivity index (χ0) is 23.4. The summed E-state index contributed by atoms with van der Waals surface area (Å²) in [7, 11) is -3.83. The van der Waals surface area contributed by atoms with Gasteiger partial charge in [-0.05, 0) is 36.4 Å². The molecule has 2 aromatic rings. The predicted molar refractivity (Wildman–Crippen MR) is 115 cm³/mol. The van der Waals surface area contributed by atoms with E-state index in [1.807, 2.05) is 0 Å². The molecule has 0 spiro atoms. The summed E-state index contributed by atoms with van der Waals surface area (Å²) in [5.74, 6) is 0.840. The number of benzene rings is 2. The molecule has 4 rings (SSSR count). The van der Waals surface area contributed by atoms with Gasteiger partial charge in [-0.2, -0.15) is 4.31 Å². The summed E-state index contributed by atoms with van der Waals surface area (Å²) in [6.45, 7) is 0.223.